The highest BCUT2D eigenvalue weighted by molar-refractivity contribution is 5.04. The molecule has 0 aromatic carbocycles. The fourth-order valence-electron chi connectivity index (χ4n) is 3.32. The number of hydrogen-bond donors (Lipinski definition) is 2. The van der Waals surface area contributed by atoms with Gasteiger partial charge in [0, 0.05) is 18.6 Å². The Balaban J connectivity index is 2.17. The van der Waals surface area contributed by atoms with Gasteiger partial charge < -0.3 is 15.6 Å². The number of rotatable bonds is 2. The van der Waals surface area contributed by atoms with Crippen LogP contribution >= 0.6 is 0 Å². The molecule has 15 heavy (non-hydrogen) atoms. The van der Waals surface area contributed by atoms with Crippen molar-refractivity contribution in [2.24, 2.45) is 17.1 Å². The largest absolute Gasteiger partial charge is 0.389 e. The Kier molecular flexibility index (Phi) is 3.06. The Morgan fingerprint density at radius 3 is 2.73 bits per heavy atom. The Morgan fingerprint density at radius 2 is 2.27 bits per heavy atom. The van der Waals surface area contributed by atoms with Gasteiger partial charge in [-0.25, -0.2) is 0 Å². The average molecular weight is 213 g/mol. The first kappa shape index (κ1) is 11.4. The van der Waals surface area contributed by atoms with E-state index >= 15 is 0 Å². The van der Waals surface area contributed by atoms with Gasteiger partial charge >= 0.3 is 0 Å². The molecule has 1 saturated carbocycles. The van der Waals surface area contributed by atoms with Crippen molar-refractivity contribution in [1.29, 1.82) is 0 Å². The van der Waals surface area contributed by atoms with Crippen LogP contribution in [0.3, 0.4) is 0 Å². The first-order valence-corrected chi connectivity index (χ1v) is 6.12. The summed E-state index contributed by atoms with van der Waals surface area (Å²) in [5.74, 6) is 0.625. The molecule has 2 rings (SSSR count). The van der Waals surface area contributed by atoms with Gasteiger partial charge in [0.15, 0.2) is 0 Å². The van der Waals surface area contributed by atoms with E-state index in [1.807, 2.05) is 0 Å². The molecular weight excluding hydrogens is 190 g/mol. The fourth-order valence-corrected chi connectivity index (χ4v) is 3.32. The first-order valence-electron chi connectivity index (χ1n) is 6.12. The SMILES string of the molecule is CC1CCC(O)(C2(CN)CCCOC2)C1. The summed E-state index contributed by atoms with van der Waals surface area (Å²) >= 11 is 0. The van der Waals surface area contributed by atoms with Gasteiger partial charge in [-0.3, -0.25) is 0 Å². The van der Waals surface area contributed by atoms with Gasteiger partial charge in [0.25, 0.3) is 0 Å². The maximum Gasteiger partial charge on any atom is 0.0740 e. The lowest BCUT2D eigenvalue weighted by molar-refractivity contribution is -0.141. The van der Waals surface area contributed by atoms with Crippen LogP contribution in [0.4, 0.5) is 0 Å². The second-order valence-electron chi connectivity index (χ2n) is 5.52. The third kappa shape index (κ3) is 1.81. The van der Waals surface area contributed by atoms with E-state index < -0.39 is 5.60 Å². The molecule has 3 nitrogen and oxygen atoms in total. The van der Waals surface area contributed by atoms with Crippen LogP contribution in [0.5, 0.6) is 0 Å². The molecule has 0 aromatic rings. The van der Waals surface area contributed by atoms with E-state index in [0.29, 0.717) is 19.1 Å². The monoisotopic (exact) mass is 213 g/mol. The molecule has 1 heterocycles. The summed E-state index contributed by atoms with van der Waals surface area (Å²) in [4.78, 5) is 0. The van der Waals surface area contributed by atoms with Gasteiger partial charge in [-0.05, 0) is 38.0 Å². The second kappa shape index (κ2) is 4.04. The molecule has 1 saturated heterocycles. The number of aliphatic hydroxyl groups is 1. The summed E-state index contributed by atoms with van der Waals surface area (Å²) in [5.41, 5.74) is 5.17. The number of nitrogens with two attached hydrogens (primary N) is 1. The van der Waals surface area contributed by atoms with E-state index in [2.05, 4.69) is 6.92 Å². The maximum absolute atomic E-state index is 10.8. The van der Waals surface area contributed by atoms with Crippen molar-refractivity contribution in [3.63, 3.8) is 0 Å². The van der Waals surface area contributed by atoms with Crippen molar-refractivity contribution in [3.8, 4) is 0 Å². The van der Waals surface area contributed by atoms with Crippen molar-refractivity contribution in [2.75, 3.05) is 19.8 Å². The van der Waals surface area contributed by atoms with Crippen molar-refractivity contribution in [1.82, 2.24) is 0 Å². The third-order valence-corrected chi connectivity index (χ3v) is 4.44. The summed E-state index contributed by atoms with van der Waals surface area (Å²) in [6, 6.07) is 0. The normalized spacial score (nSPS) is 47.0. The topological polar surface area (TPSA) is 55.5 Å². The van der Waals surface area contributed by atoms with Gasteiger partial charge in [-0.15, -0.1) is 0 Å². The maximum atomic E-state index is 10.8. The Bertz CT molecular complexity index is 226. The molecule has 2 fully saturated rings. The minimum absolute atomic E-state index is 0.171. The highest BCUT2D eigenvalue weighted by Crippen LogP contribution is 2.49. The van der Waals surface area contributed by atoms with E-state index in [1.165, 1.54) is 0 Å². The van der Waals surface area contributed by atoms with Gasteiger partial charge in [0.2, 0.25) is 0 Å². The quantitative estimate of drug-likeness (QED) is 0.727. The summed E-state index contributed by atoms with van der Waals surface area (Å²) < 4.78 is 5.55. The van der Waals surface area contributed by atoms with Crippen LogP contribution in [0.1, 0.15) is 39.0 Å². The molecule has 0 spiro atoms. The number of ether oxygens (including phenoxy) is 1. The molecule has 2 aliphatic rings. The summed E-state index contributed by atoms with van der Waals surface area (Å²) in [7, 11) is 0. The summed E-state index contributed by atoms with van der Waals surface area (Å²) in [6.07, 6.45) is 4.97. The summed E-state index contributed by atoms with van der Waals surface area (Å²) in [6.45, 7) is 4.24. The molecular formula is C12H23NO2. The zero-order valence-corrected chi connectivity index (χ0v) is 9.67. The highest BCUT2D eigenvalue weighted by Gasteiger charge is 2.53. The van der Waals surface area contributed by atoms with Gasteiger partial charge in [0.1, 0.15) is 0 Å². The molecule has 0 bridgehead atoms. The van der Waals surface area contributed by atoms with Gasteiger partial charge in [-0.1, -0.05) is 6.92 Å². The Morgan fingerprint density at radius 1 is 1.47 bits per heavy atom. The average Bonchev–Trinajstić information content (AvgIpc) is 2.61. The smallest absolute Gasteiger partial charge is 0.0740 e. The molecule has 3 unspecified atom stereocenters. The molecule has 1 aliphatic carbocycles. The lowest BCUT2D eigenvalue weighted by Gasteiger charge is -2.47. The van der Waals surface area contributed by atoms with Crippen LogP contribution in [0.25, 0.3) is 0 Å². The van der Waals surface area contributed by atoms with E-state index in [4.69, 9.17) is 10.5 Å². The van der Waals surface area contributed by atoms with Crippen molar-refractivity contribution in [3.05, 3.63) is 0 Å². The van der Waals surface area contributed by atoms with E-state index in [1.54, 1.807) is 0 Å². The van der Waals surface area contributed by atoms with Crippen LogP contribution in [0.2, 0.25) is 0 Å². The minimum atomic E-state index is -0.568. The van der Waals surface area contributed by atoms with Crippen LogP contribution in [-0.4, -0.2) is 30.5 Å². The molecule has 0 radical (unpaired) electrons. The first-order chi connectivity index (χ1) is 7.12. The predicted molar refractivity (Wildman–Crippen MR) is 59.5 cm³/mol. The molecule has 0 amide bonds. The third-order valence-electron chi connectivity index (χ3n) is 4.44. The van der Waals surface area contributed by atoms with Crippen LogP contribution in [-0.2, 0) is 4.74 Å². The Labute approximate surface area is 92.0 Å². The van der Waals surface area contributed by atoms with Crippen LogP contribution in [0.15, 0.2) is 0 Å². The van der Waals surface area contributed by atoms with Crippen LogP contribution in [0, 0.1) is 11.3 Å². The number of hydrogen-bond acceptors (Lipinski definition) is 3. The molecule has 1 aliphatic heterocycles. The molecule has 0 aromatic heterocycles. The van der Waals surface area contributed by atoms with Gasteiger partial charge in [-0.2, -0.15) is 0 Å². The van der Waals surface area contributed by atoms with Gasteiger partial charge in [0.05, 0.1) is 12.2 Å². The van der Waals surface area contributed by atoms with E-state index in [9.17, 15) is 5.11 Å². The van der Waals surface area contributed by atoms with Crippen molar-refractivity contribution in [2.45, 2.75) is 44.6 Å². The van der Waals surface area contributed by atoms with Crippen molar-refractivity contribution >= 4 is 0 Å². The second-order valence-corrected chi connectivity index (χ2v) is 5.52. The molecule has 3 N–H and O–H groups in total. The predicted octanol–water partition coefficient (Wildman–Crippen LogP) is 1.29. The molecule has 3 atom stereocenters. The lowest BCUT2D eigenvalue weighted by atomic mass is 9.67. The van der Waals surface area contributed by atoms with E-state index in [-0.39, 0.29) is 5.41 Å². The molecule has 3 heteroatoms. The summed E-state index contributed by atoms with van der Waals surface area (Å²) in [5, 5.41) is 10.8. The highest BCUT2D eigenvalue weighted by atomic mass is 16.5. The molecule has 88 valence electrons. The zero-order chi connectivity index (χ0) is 10.9. The fraction of sp³-hybridized carbons (Fsp3) is 1.00. The van der Waals surface area contributed by atoms with Crippen molar-refractivity contribution < 1.29 is 9.84 Å². The minimum Gasteiger partial charge on any atom is -0.389 e. The van der Waals surface area contributed by atoms with E-state index in [0.717, 1.165) is 38.7 Å². The Hall–Kier alpha value is -0.120. The van der Waals surface area contributed by atoms with Crippen LogP contribution < -0.4 is 5.73 Å². The lowest BCUT2D eigenvalue weighted by Crippen LogP contribution is -2.55. The standard InChI is InChI=1S/C12H23NO2/c1-10-3-5-12(14,7-10)11(8-13)4-2-6-15-9-11/h10,14H,2-9,13H2,1H3. The zero-order valence-electron chi connectivity index (χ0n) is 9.67.